The first-order valence-electron chi connectivity index (χ1n) is 6.75. The molecular weight excluding hydrogens is 306 g/mol. The maximum absolute atomic E-state index is 11.6. The lowest BCUT2D eigenvalue weighted by atomic mass is 10.1. The topological polar surface area (TPSA) is 102 Å². The standard InChI is InChI=1S/C14H17N3O4S/c1-9-13(6-11(7-15)14(18)21-3)10(2)17(16-9)12-4-5-22(19,20)8-12/h6,12H,4-5,8H2,1-3H3/b11-6+/t12-/m0/s1. The molecule has 0 aliphatic carbocycles. The maximum Gasteiger partial charge on any atom is 0.348 e. The van der Waals surface area contributed by atoms with Crippen LogP contribution in [0.3, 0.4) is 0 Å². The number of hydrogen-bond donors (Lipinski definition) is 0. The number of carbonyl (C=O) groups is 1. The van der Waals surface area contributed by atoms with Crippen LogP contribution in [0.4, 0.5) is 0 Å². The highest BCUT2D eigenvalue weighted by Crippen LogP contribution is 2.27. The SMILES string of the molecule is COC(=O)/C(C#N)=C/c1c(C)nn([C@H]2CCS(=O)(=O)C2)c1C. The van der Waals surface area contributed by atoms with E-state index in [-0.39, 0.29) is 23.1 Å². The summed E-state index contributed by atoms with van der Waals surface area (Å²) in [5, 5.41) is 13.4. The number of hydrogen-bond acceptors (Lipinski definition) is 6. The molecule has 8 heteroatoms. The molecule has 0 radical (unpaired) electrons. The molecule has 0 aromatic carbocycles. The Morgan fingerprint density at radius 1 is 1.50 bits per heavy atom. The van der Waals surface area contributed by atoms with E-state index in [1.807, 2.05) is 0 Å². The second-order valence-electron chi connectivity index (χ2n) is 5.25. The highest BCUT2D eigenvalue weighted by molar-refractivity contribution is 7.91. The minimum absolute atomic E-state index is 0.0697. The Bertz CT molecular complexity index is 784. The van der Waals surface area contributed by atoms with Gasteiger partial charge in [-0.1, -0.05) is 0 Å². The lowest BCUT2D eigenvalue weighted by molar-refractivity contribution is -0.135. The largest absolute Gasteiger partial charge is 0.465 e. The average molecular weight is 323 g/mol. The number of nitrogens with zero attached hydrogens (tertiary/aromatic N) is 3. The van der Waals surface area contributed by atoms with E-state index in [1.165, 1.54) is 13.2 Å². The fraction of sp³-hybridized carbons (Fsp3) is 0.500. The molecule has 7 nitrogen and oxygen atoms in total. The number of methoxy groups -OCH3 is 1. The van der Waals surface area contributed by atoms with Crippen LogP contribution in [0, 0.1) is 25.2 Å². The summed E-state index contributed by atoms with van der Waals surface area (Å²) in [4.78, 5) is 11.5. The van der Waals surface area contributed by atoms with Crippen LogP contribution in [-0.2, 0) is 19.4 Å². The van der Waals surface area contributed by atoms with Crippen molar-refractivity contribution < 1.29 is 17.9 Å². The molecule has 0 saturated carbocycles. The summed E-state index contributed by atoms with van der Waals surface area (Å²) in [7, 11) is -1.80. The predicted octanol–water partition coefficient (Wildman–Crippen LogP) is 0.940. The monoisotopic (exact) mass is 323 g/mol. The van der Waals surface area contributed by atoms with Crippen LogP contribution in [0.25, 0.3) is 6.08 Å². The third-order valence-electron chi connectivity index (χ3n) is 3.75. The van der Waals surface area contributed by atoms with Crippen LogP contribution in [0.1, 0.15) is 29.4 Å². The van der Waals surface area contributed by atoms with Crippen molar-refractivity contribution in [1.29, 1.82) is 5.26 Å². The van der Waals surface area contributed by atoms with Gasteiger partial charge in [-0.15, -0.1) is 0 Å². The Balaban J connectivity index is 2.42. The zero-order valence-electron chi connectivity index (χ0n) is 12.7. The van der Waals surface area contributed by atoms with Crippen molar-refractivity contribution in [2.24, 2.45) is 0 Å². The summed E-state index contributed by atoms with van der Waals surface area (Å²) in [5.74, 6) is -0.481. The van der Waals surface area contributed by atoms with Crippen molar-refractivity contribution in [1.82, 2.24) is 9.78 Å². The number of rotatable bonds is 3. The smallest absolute Gasteiger partial charge is 0.348 e. The number of carbonyl (C=O) groups excluding carboxylic acids is 1. The van der Waals surface area contributed by atoms with E-state index in [2.05, 4.69) is 9.84 Å². The summed E-state index contributed by atoms with van der Waals surface area (Å²) in [6, 6.07) is 1.60. The third-order valence-corrected chi connectivity index (χ3v) is 5.50. The van der Waals surface area contributed by atoms with Gasteiger partial charge in [0.05, 0.1) is 30.4 Å². The number of aromatic nitrogens is 2. The summed E-state index contributed by atoms with van der Waals surface area (Å²) in [6.45, 7) is 3.55. The molecule has 2 rings (SSSR count). The molecule has 1 aliphatic heterocycles. The first-order chi connectivity index (χ1) is 10.3. The first kappa shape index (κ1) is 16.2. The van der Waals surface area contributed by atoms with E-state index in [1.54, 1.807) is 24.6 Å². The van der Waals surface area contributed by atoms with E-state index in [4.69, 9.17) is 5.26 Å². The zero-order valence-corrected chi connectivity index (χ0v) is 13.5. The highest BCUT2D eigenvalue weighted by Gasteiger charge is 2.31. The van der Waals surface area contributed by atoms with Crippen molar-refractivity contribution in [3.63, 3.8) is 0 Å². The molecule has 0 unspecified atom stereocenters. The normalized spacial score (nSPS) is 20.6. The lowest BCUT2D eigenvalue weighted by Crippen LogP contribution is -2.14. The van der Waals surface area contributed by atoms with Crippen LogP contribution < -0.4 is 0 Å². The van der Waals surface area contributed by atoms with E-state index < -0.39 is 15.8 Å². The quantitative estimate of drug-likeness (QED) is 0.466. The molecule has 1 atom stereocenters. The van der Waals surface area contributed by atoms with Gasteiger partial charge in [-0.25, -0.2) is 13.2 Å². The Labute approximate surface area is 129 Å². The molecule has 0 bridgehead atoms. The van der Waals surface area contributed by atoms with Crippen LogP contribution in [0.5, 0.6) is 0 Å². The van der Waals surface area contributed by atoms with Gasteiger partial charge in [0, 0.05) is 11.3 Å². The van der Waals surface area contributed by atoms with Crippen molar-refractivity contribution in [3.8, 4) is 6.07 Å². The van der Waals surface area contributed by atoms with Gasteiger partial charge < -0.3 is 4.74 Å². The number of ether oxygens (including phenoxy) is 1. The molecule has 1 aliphatic rings. The number of esters is 1. The Hall–Kier alpha value is -2.14. The van der Waals surface area contributed by atoms with Crippen LogP contribution in [0.2, 0.25) is 0 Å². The minimum atomic E-state index is -3.01. The van der Waals surface area contributed by atoms with E-state index >= 15 is 0 Å². The van der Waals surface area contributed by atoms with Crippen molar-refractivity contribution in [2.75, 3.05) is 18.6 Å². The van der Waals surface area contributed by atoms with Gasteiger partial charge in [-0.3, -0.25) is 4.68 Å². The number of aryl methyl sites for hydroxylation is 1. The molecule has 1 aromatic rings. The second-order valence-corrected chi connectivity index (χ2v) is 7.48. The van der Waals surface area contributed by atoms with Gasteiger partial charge in [0.2, 0.25) is 0 Å². The number of sulfone groups is 1. The van der Waals surface area contributed by atoms with Crippen molar-refractivity contribution in [2.45, 2.75) is 26.3 Å². The summed E-state index contributed by atoms with van der Waals surface area (Å²) in [5.41, 5.74) is 1.90. The van der Waals surface area contributed by atoms with Gasteiger partial charge in [-0.2, -0.15) is 10.4 Å². The predicted molar refractivity (Wildman–Crippen MR) is 79.6 cm³/mol. The van der Waals surface area contributed by atoms with Crippen LogP contribution in [-0.4, -0.2) is 42.8 Å². The average Bonchev–Trinajstić information content (AvgIpc) is 2.96. The molecule has 2 heterocycles. The number of nitriles is 1. The fourth-order valence-electron chi connectivity index (χ4n) is 2.60. The molecular formula is C14H17N3O4S. The molecule has 1 saturated heterocycles. The van der Waals surface area contributed by atoms with E-state index in [9.17, 15) is 13.2 Å². The van der Waals surface area contributed by atoms with Crippen molar-refractivity contribution >= 4 is 21.9 Å². The first-order valence-corrected chi connectivity index (χ1v) is 8.57. The van der Waals surface area contributed by atoms with Gasteiger partial charge in [0.25, 0.3) is 0 Å². The Morgan fingerprint density at radius 2 is 2.18 bits per heavy atom. The van der Waals surface area contributed by atoms with Gasteiger partial charge >= 0.3 is 5.97 Å². The molecule has 1 fully saturated rings. The second kappa shape index (κ2) is 5.93. The zero-order chi connectivity index (χ0) is 16.5. The molecule has 0 N–H and O–H groups in total. The van der Waals surface area contributed by atoms with Gasteiger partial charge in [0.1, 0.15) is 11.6 Å². The van der Waals surface area contributed by atoms with Gasteiger partial charge in [-0.05, 0) is 26.3 Å². The lowest BCUT2D eigenvalue weighted by Gasteiger charge is -2.11. The summed E-state index contributed by atoms with van der Waals surface area (Å²) < 4.78 is 29.5. The molecule has 1 aromatic heterocycles. The molecule has 0 spiro atoms. The minimum Gasteiger partial charge on any atom is -0.465 e. The molecule has 22 heavy (non-hydrogen) atoms. The van der Waals surface area contributed by atoms with Crippen LogP contribution in [0.15, 0.2) is 5.57 Å². The van der Waals surface area contributed by atoms with Crippen molar-refractivity contribution in [3.05, 3.63) is 22.5 Å². The maximum atomic E-state index is 11.6. The van der Waals surface area contributed by atoms with E-state index in [0.29, 0.717) is 17.7 Å². The fourth-order valence-corrected chi connectivity index (χ4v) is 4.29. The van der Waals surface area contributed by atoms with E-state index in [0.717, 1.165) is 5.69 Å². The summed E-state index contributed by atoms with van der Waals surface area (Å²) >= 11 is 0. The highest BCUT2D eigenvalue weighted by atomic mass is 32.2. The Morgan fingerprint density at radius 3 is 2.68 bits per heavy atom. The molecule has 118 valence electrons. The van der Waals surface area contributed by atoms with Gasteiger partial charge in [0.15, 0.2) is 9.84 Å². The Kier molecular flexibility index (Phi) is 4.37. The van der Waals surface area contributed by atoms with Crippen LogP contribution >= 0.6 is 0 Å². The summed E-state index contributed by atoms with van der Waals surface area (Å²) in [6.07, 6.45) is 1.96. The molecule has 0 amide bonds. The third kappa shape index (κ3) is 3.04.